The maximum Gasteiger partial charge on any atom is 0.316 e. The van der Waals surface area contributed by atoms with Crippen LogP contribution in [0, 0.1) is 5.92 Å². The molecule has 1 fully saturated rings. The largest absolute Gasteiger partial charge is 0.389 e. The fourth-order valence-corrected chi connectivity index (χ4v) is 2.51. The summed E-state index contributed by atoms with van der Waals surface area (Å²) in [6, 6.07) is -0.105. The normalized spacial score (nSPS) is 23.6. The third-order valence-electron chi connectivity index (χ3n) is 3.90. The minimum Gasteiger partial charge on any atom is -0.389 e. The molecular weight excluding hydrogens is 270 g/mol. The van der Waals surface area contributed by atoms with Gasteiger partial charge in [-0.2, -0.15) is 0 Å². The number of carbonyl (C=O) groups excluding carboxylic acids is 1. The van der Waals surface area contributed by atoms with Crippen LogP contribution in [-0.2, 0) is 4.74 Å². The quantitative estimate of drug-likeness (QED) is 0.580. The third kappa shape index (κ3) is 7.64. The molecular formula is C15H31N3O3. The molecule has 0 saturated heterocycles. The maximum atomic E-state index is 11.3. The Balaban J connectivity index is 2.01. The maximum absolute atomic E-state index is 11.3. The van der Waals surface area contributed by atoms with Crippen molar-refractivity contribution in [3.63, 3.8) is 0 Å². The first-order valence-corrected chi connectivity index (χ1v) is 7.96. The molecule has 0 heterocycles. The lowest BCUT2D eigenvalue weighted by molar-refractivity contribution is -0.0450. The van der Waals surface area contributed by atoms with Crippen LogP contribution in [0.4, 0.5) is 4.79 Å². The Morgan fingerprint density at radius 1 is 1.33 bits per heavy atom. The van der Waals surface area contributed by atoms with E-state index in [1.165, 1.54) is 24.2 Å². The molecule has 1 rings (SSSR count). The molecule has 0 spiro atoms. The van der Waals surface area contributed by atoms with Gasteiger partial charge in [0.25, 0.3) is 0 Å². The fraction of sp³-hybridized carbons (Fsp3) is 0.933. The van der Waals surface area contributed by atoms with Crippen LogP contribution in [-0.4, -0.2) is 68.6 Å². The molecule has 2 amide bonds. The van der Waals surface area contributed by atoms with Gasteiger partial charge in [0.15, 0.2) is 0 Å². The van der Waals surface area contributed by atoms with E-state index in [0.29, 0.717) is 38.3 Å². The molecule has 3 unspecified atom stereocenters. The predicted molar refractivity (Wildman–Crippen MR) is 83.3 cm³/mol. The Labute approximate surface area is 128 Å². The lowest BCUT2D eigenvalue weighted by Gasteiger charge is -2.29. The topological polar surface area (TPSA) is 73.8 Å². The van der Waals surface area contributed by atoms with Crippen LogP contribution < -0.4 is 10.6 Å². The Kier molecular flexibility index (Phi) is 8.64. The standard InChI is InChI=1S/C15H31N3O3/c1-12-6-4-5-7-14(12)21-11-13(19)10-16-8-9-17-15(20)18(2)3/h12-14,16,19H,4-11H2,1-3H3,(H,17,20). The fourth-order valence-electron chi connectivity index (χ4n) is 2.51. The summed E-state index contributed by atoms with van der Waals surface area (Å²) in [5.74, 6) is 0.597. The van der Waals surface area contributed by atoms with Gasteiger partial charge in [0, 0.05) is 33.7 Å². The molecule has 6 heteroatoms. The van der Waals surface area contributed by atoms with Gasteiger partial charge in [-0.05, 0) is 18.8 Å². The van der Waals surface area contributed by atoms with E-state index in [2.05, 4.69) is 17.6 Å². The van der Waals surface area contributed by atoms with Crippen molar-refractivity contribution in [3.8, 4) is 0 Å². The van der Waals surface area contributed by atoms with Gasteiger partial charge in [-0.3, -0.25) is 0 Å². The molecule has 0 bridgehead atoms. The van der Waals surface area contributed by atoms with Crippen molar-refractivity contribution in [2.24, 2.45) is 5.92 Å². The number of amides is 2. The van der Waals surface area contributed by atoms with E-state index in [1.54, 1.807) is 14.1 Å². The summed E-state index contributed by atoms with van der Waals surface area (Å²) in [6.45, 7) is 4.27. The number of urea groups is 1. The van der Waals surface area contributed by atoms with Crippen LogP contribution in [0.25, 0.3) is 0 Å². The molecule has 1 aliphatic carbocycles. The molecule has 124 valence electrons. The summed E-state index contributed by atoms with van der Waals surface area (Å²) in [4.78, 5) is 12.8. The van der Waals surface area contributed by atoms with E-state index in [1.807, 2.05) is 0 Å². The molecule has 3 N–H and O–H groups in total. The Hall–Kier alpha value is -0.850. The summed E-state index contributed by atoms with van der Waals surface area (Å²) in [5.41, 5.74) is 0. The molecule has 0 aromatic carbocycles. The van der Waals surface area contributed by atoms with Gasteiger partial charge < -0.3 is 25.4 Å². The number of nitrogens with one attached hydrogen (secondary N) is 2. The number of rotatable bonds is 8. The van der Waals surface area contributed by atoms with Crippen molar-refractivity contribution in [2.45, 2.75) is 44.8 Å². The molecule has 0 aliphatic heterocycles. The Bertz CT molecular complexity index is 300. The average Bonchev–Trinajstić information content (AvgIpc) is 2.45. The van der Waals surface area contributed by atoms with Crippen molar-refractivity contribution in [2.75, 3.05) is 40.3 Å². The van der Waals surface area contributed by atoms with Crippen molar-refractivity contribution in [1.82, 2.24) is 15.5 Å². The van der Waals surface area contributed by atoms with Crippen LogP contribution in [0.3, 0.4) is 0 Å². The van der Waals surface area contributed by atoms with E-state index in [-0.39, 0.29) is 6.03 Å². The lowest BCUT2D eigenvalue weighted by atomic mass is 9.88. The number of aliphatic hydroxyl groups excluding tert-OH is 1. The van der Waals surface area contributed by atoms with Crippen LogP contribution >= 0.6 is 0 Å². The second kappa shape index (κ2) is 9.97. The molecule has 1 aliphatic rings. The van der Waals surface area contributed by atoms with Crippen molar-refractivity contribution in [1.29, 1.82) is 0 Å². The smallest absolute Gasteiger partial charge is 0.316 e. The van der Waals surface area contributed by atoms with E-state index in [0.717, 1.165) is 6.42 Å². The zero-order chi connectivity index (χ0) is 15.7. The SMILES string of the molecule is CC1CCCCC1OCC(O)CNCCNC(=O)N(C)C. The summed E-state index contributed by atoms with van der Waals surface area (Å²) < 4.78 is 5.82. The van der Waals surface area contributed by atoms with Gasteiger partial charge in [0.1, 0.15) is 0 Å². The molecule has 21 heavy (non-hydrogen) atoms. The Morgan fingerprint density at radius 2 is 2.05 bits per heavy atom. The van der Waals surface area contributed by atoms with E-state index >= 15 is 0 Å². The second-order valence-corrected chi connectivity index (χ2v) is 6.12. The van der Waals surface area contributed by atoms with Crippen LogP contribution in [0.15, 0.2) is 0 Å². The van der Waals surface area contributed by atoms with Gasteiger partial charge in [-0.15, -0.1) is 0 Å². The molecule has 0 aromatic rings. The number of ether oxygens (including phenoxy) is 1. The van der Waals surface area contributed by atoms with Crippen molar-refractivity contribution in [3.05, 3.63) is 0 Å². The molecule has 6 nitrogen and oxygen atoms in total. The van der Waals surface area contributed by atoms with Gasteiger partial charge in [-0.1, -0.05) is 19.8 Å². The summed E-state index contributed by atoms with van der Waals surface area (Å²) in [6.07, 6.45) is 4.66. The molecule has 0 radical (unpaired) electrons. The lowest BCUT2D eigenvalue weighted by Crippen LogP contribution is -2.40. The molecule has 0 aromatic heterocycles. The zero-order valence-corrected chi connectivity index (χ0v) is 13.6. The highest BCUT2D eigenvalue weighted by molar-refractivity contribution is 5.73. The van der Waals surface area contributed by atoms with Gasteiger partial charge in [0.05, 0.1) is 18.8 Å². The van der Waals surface area contributed by atoms with Crippen LogP contribution in [0.5, 0.6) is 0 Å². The number of nitrogens with zero attached hydrogens (tertiary/aromatic N) is 1. The number of carbonyl (C=O) groups is 1. The van der Waals surface area contributed by atoms with Crippen LogP contribution in [0.1, 0.15) is 32.6 Å². The van der Waals surface area contributed by atoms with Gasteiger partial charge in [-0.25, -0.2) is 4.79 Å². The van der Waals surface area contributed by atoms with E-state index < -0.39 is 6.10 Å². The number of aliphatic hydroxyl groups is 1. The Morgan fingerprint density at radius 3 is 2.71 bits per heavy atom. The molecule has 1 saturated carbocycles. The third-order valence-corrected chi connectivity index (χ3v) is 3.90. The predicted octanol–water partition coefficient (Wildman–Crippen LogP) is 0.803. The minimum absolute atomic E-state index is 0.105. The van der Waals surface area contributed by atoms with Gasteiger partial charge >= 0.3 is 6.03 Å². The number of hydrogen-bond acceptors (Lipinski definition) is 4. The highest BCUT2D eigenvalue weighted by Gasteiger charge is 2.22. The summed E-state index contributed by atoms with van der Waals surface area (Å²) in [5, 5.41) is 15.8. The minimum atomic E-state index is -0.497. The zero-order valence-electron chi connectivity index (χ0n) is 13.6. The van der Waals surface area contributed by atoms with E-state index in [4.69, 9.17) is 4.74 Å². The first-order chi connectivity index (χ1) is 10.0. The summed E-state index contributed by atoms with van der Waals surface area (Å²) in [7, 11) is 3.41. The van der Waals surface area contributed by atoms with Crippen molar-refractivity contribution >= 4 is 6.03 Å². The highest BCUT2D eigenvalue weighted by atomic mass is 16.5. The van der Waals surface area contributed by atoms with Crippen LogP contribution in [0.2, 0.25) is 0 Å². The molecule has 3 atom stereocenters. The second-order valence-electron chi connectivity index (χ2n) is 6.12. The average molecular weight is 301 g/mol. The summed E-state index contributed by atoms with van der Waals surface area (Å²) >= 11 is 0. The van der Waals surface area contributed by atoms with Crippen molar-refractivity contribution < 1.29 is 14.6 Å². The monoisotopic (exact) mass is 301 g/mol. The first-order valence-electron chi connectivity index (χ1n) is 7.96. The highest BCUT2D eigenvalue weighted by Crippen LogP contribution is 2.26. The number of hydrogen-bond donors (Lipinski definition) is 3. The first kappa shape index (κ1) is 18.2. The van der Waals surface area contributed by atoms with E-state index in [9.17, 15) is 9.90 Å². The van der Waals surface area contributed by atoms with Gasteiger partial charge in [0.2, 0.25) is 0 Å².